The van der Waals surface area contributed by atoms with Crippen LogP contribution in [0.15, 0.2) is 71.2 Å². The van der Waals surface area contributed by atoms with Crippen molar-refractivity contribution in [3.8, 4) is 5.75 Å². The van der Waals surface area contributed by atoms with Gasteiger partial charge in [0.05, 0.1) is 11.6 Å². The predicted molar refractivity (Wildman–Crippen MR) is 125 cm³/mol. The third kappa shape index (κ3) is 5.43. The van der Waals surface area contributed by atoms with Crippen LogP contribution in [0.2, 0.25) is 0 Å². The second-order valence-electron chi connectivity index (χ2n) is 6.15. The number of rotatable bonds is 4. The largest absolute Gasteiger partial charge is 0.496 e. The summed E-state index contributed by atoms with van der Waals surface area (Å²) in [5.41, 5.74) is 6.25. The van der Waals surface area contributed by atoms with E-state index in [1.54, 1.807) is 24.3 Å². The van der Waals surface area contributed by atoms with Crippen molar-refractivity contribution in [1.29, 1.82) is 0 Å². The minimum atomic E-state index is -0.416. The van der Waals surface area contributed by atoms with E-state index in [0.717, 1.165) is 16.3 Å². The SMILES string of the molecule is COc1ccc(C(=O)NNC(=S)NC(=O)C=Cc2cccc3ccccc23)cc1Br. The van der Waals surface area contributed by atoms with Crippen molar-refractivity contribution < 1.29 is 14.3 Å². The zero-order valence-corrected chi connectivity index (χ0v) is 18.3. The molecule has 0 atom stereocenters. The van der Waals surface area contributed by atoms with Gasteiger partial charge in [0.2, 0.25) is 5.91 Å². The Morgan fingerprint density at radius 2 is 1.80 bits per heavy atom. The molecule has 8 heteroatoms. The molecule has 3 N–H and O–H groups in total. The van der Waals surface area contributed by atoms with Crippen molar-refractivity contribution in [1.82, 2.24) is 16.2 Å². The standard InChI is InChI=1S/C22H18BrN3O3S/c1-29-19-11-9-16(13-18(19)23)21(28)25-26-22(30)24-20(27)12-10-15-7-4-6-14-5-2-3-8-17(14)15/h2-13H,1H3,(H,25,28)(H2,24,26,27,30). The Bertz CT molecular complexity index is 1140. The summed E-state index contributed by atoms with van der Waals surface area (Å²) in [6.45, 7) is 0. The number of hydrogen-bond acceptors (Lipinski definition) is 4. The first-order valence-corrected chi connectivity index (χ1v) is 10.1. The van der Waals surface area contributed by atoms with Crippen molar-refractivity contribution in [2.24, 2.45) is 0 Å². The minimum Gasteiger partial charge on any atom is -0.496 e. The van der Waals surface area contributed by atoms with Gasteiger partial charge in [0, 0.05) is 11.6 Å². The summed E-state index contributed by atoms with van der Waals surface area (Å²) in [6, 6.07) is 18.7. The molecule has 0 bridgehead atoms. The molecule has 0 spiro atoms. The summed E-state index contributed by atoms with van der Waals surface area (Å²) in [6.07, 6.45) is 3.10. The third-order valence-corrected chi connectivity index (χ3v) is 5.00. The van der Waals surface area contributed by atoms with Gasteiger partial charge in [0.25, 0.3) is 5.91 Å². The van der Waals surface area contributed by atoms with Crippen molar-refractivity contribution in [3.63, 3.8) is 0 Å². The first-order chi connectivity index (χ1) is 14.5. The molecule has 0 aliphatic heterocycles. The average Bonchev–Trinajstić information content (AvgIpc) is 2.76. The molecular weight excluding hydrogens is 466 g/mol. The molecule has 0 fully saturated rings. The molecule has 0 unspecified atom stereocenters. The first-order valence-electron chi connectivity index (χ1n) is 8.88. The third-order valence-electron chi connectivity index (χ3n) is 4.18. The number of fused-ring (bicyclic) bond motifs is 1. The molecule has 30 heavy (non-hydrogen) atoms. The summed E-state index contributed by atoms with van der Waals surface area (Å²) in [4.78, 5) is 24.3. The number of hydrogen-bond donors (Lipinski definition) is 3. The number of carbonyl (C=O) groups is 2. The average molecular weight is 484 g/mol. The second-order valence-corrected chi connectivity index (χ2v) is 7.41. The molecule has 3 aromatic rings. The molecule has 0 saturated carbocycles. The van der Waals surface area contributed by atoms with Gasteiger partial charge in [0.1, 0.15) is 5.75 Å². The van der Waals surface area contributed by atoms with Gasteiger partial charge in [-0.1, -0.05) is 42.5 Å². The highest BCUT2D eigenvalue weighted by Crippen LogP contribution is 2.25. The fourth-order valence-corrected chi connectivity index (χ4v) is 3.43. The van der Waals surface area contributed by atoms with Crippen LogP contribution in [0.4, 0.5) is 0 Å². The van der Waals surface area contributed by atoms with Gasteiger partial charge in [-0.05, 0) is 68.8 Å². The maximum Gasteiger partial charge on any atom is 0.269 e. The van der Waals surface area contributed by atoms with Gasteiger partial charge >= 0.3 is 0 Å². The van der Waals surface area contributed by atoms with E-state index >= 15 is 0 Å². The molecule has 0 radical (unpaired) electrons. The second kappa shape index (κ2) is 10.00. The van der Waals surface area contributed by atoms with Gasteiger partial charge in [-0.25, -0.2) is 0 Å². The molecule has 3 rings (SSSR count). The smallest absolute Gasteiger partial charge is 0.269 e. The lowest BCUT2D eigenvalue weighted by atomic mass is 10.0. The normalized spacial score (nSPS) is 10.6. The van der Waals surface area contributed by atoms with Crippen LogP contribution in [0.1, 0.15) is 15.9 Å². The molecule has 3 aromatic carbocycles. The van der Waals surface area contributed by atoms with Crippen LogP contribution in [-0.2, 0) is 4.79 Å². The number of amides is 2. The summed E-state index contributed by atoms with van der Waals surface area (Å²) < 4.78 is 5.78. The molecule has 2 amide bonds. The Hall–Kier alpha value is -3.23. The molecule has 152 valence electrons. The predicted octanol–water partition coefficient (Wildman–Crippen LogP) is 3.96. The number of thiocarbonyl (C=S) groups is 1. The Balaban J connectivity index is 1.54. The van der Waals surface area contributed by atoms with E-state index in [-0.39, 0.29) is 5.11 Å². The quantitative estimate of drug-likeness (QED) is 0.297. The molecular formula is C22H18BrN3O3S. The summed E-state index contributed by atoms with van der Waals surface area (Å²) in [5.74, 6) is -0.219. The number of halogens is 1. The van der Waals surface area contributed by atoms with Gasteiger partial charge in [-0.3, -0.25) is 25.8 Å². The van der Waals surface area contributed by atoms with E-state index in [4.69, 9.17) is 17.0 Å². The molecule has 6 nitrogen and oxygen atoms in total. The van der Waals surface area contributed by atoms with Crippen LogP contribution < -0.4 is 20.9 Å². The number of methoxy groups -OCH3 is 1. The van der Waals surface area contributed by atoms with E-state index in [9.17, 15) is 9.59 Å². The number of carbonyl (C=O) groups excluding carboxylic acids is 2. The van der Waals surface area contributed by atoms with Gasteiger partial charge in [0.15, 0.2) is 5.11 Å². The van der Waals surface area contributed by atoms with Gasteiger partial charge in [-0.2, -0.15) is 0 Å². The fraction of sp³-hybridized carbons (Fsp3) is 0.0455. The molecule has 0 aliphatic carbocycles. The van der Waals surface area contributed by atoms with Crippen LogP contribution in [0.25, 0.3) is 16.8 Å². The highest BCUT2D eigenvalue weighted by atomic mass is 79.9. The summed E-state index contributed by atoms with van der Waals surface area (Å²) in [7, 11) is 1.54. The zero-order chi connectivity index (χ0) is 21.5. The lowest BCUT2D eigenvalue weighted by Gasteiger charge is -2.10. The van der Waals surface area contributed by atoms with Crippen LogP contribution in [0.5, 0.6) is 5.75 Å². The Morgan fingerprint density at radius 3 is 2.57 bits per heavy atom. The molecule has 0 aliphatic rings. The number of hydrazine groups is 1. The van der Waals surface area contributed by atoms with E-state index in [1.807, 2.05) is 42.5 Å². The number of ether oxygens (including phenoxy) is 1. The number of nitrogens with one attached hydrogen (secondary N) is 3. The van der Waals surface area contributed by atoms with Crippen molar-refractivity contribution in [3.05, 3.63) is 82.3 Å². The van der Waals surface area contributed by atoms with Crippen molar-refractivity contribution in [2.75, 3.05) is 7.11 Å². The minimum absolute atomic E-state index is 0.0245. The van der Waals surface area contributed by atoms with Gasteiger partial charge < -0.3 is 4.74 Å². The monoisotopic (exact) mass is 483 g/mol. The summed E-state index contributed by atoms with van der Waals surface area (Å²) >= 11 is 8.37. The number of benzene rings is 3. The topological polar surface area (TPSA) is 79.5 Å². The van der Waals surface area contributed by atoms with E-state index in [2.05, 4.69) is 32.1 Å². The lowest BCUT2D eigenvalue weighted by Crippen LogP contribution is -2.48. The van der Waals surface area contributed by atoms with Crippen molar-refractivity contribution in [2.45, 2.75) is 0 Å². The highest BCUT2D eigenvalue weighted by molar-refractivity contribution is 9.10. The summed E-state index contributed by atoms with van der Waals surface area (Å²) in [5, 5.41) is 4.59. The maximum atomic E-state index is 12.2. The van der Waals surface area contributed by atoms with Crippen LogP contribution in [0, 0.1) is 0 Å². The fourth-order valence-electron chi connectivity index (χ4n) is 2.74. The van der Waals surface area contributed by atoms with E-state index in [0.29, 0.717) is 15.8 Å². The Morgan fingerprint density at radius 1 is 1.03 bits per heavy atom. The zero-order valence-electron chi connectivity index (χ0n) is 15.9. The Kier molecular flexibility index (Phi) is 7.16. The van der Waals surface area contributed by atoms with E-state index in [1.165, 1.54) is 13.2 Å². The molecule has 0 saturated heterocycles. The molecule has 0 heterocycles. The van der Waals surface area contributed by atoms with Crippen LogP contribution in [0.3, 0.4) is 0 Å². The Labute approximate surface area is 187 Å². The van der Waals surface area contributed by atoms with Gasteiger partial charge in [-0.15, -0.1) is 0 Å². The van der Waals surface area contributed by atoms with E-state index < -0.39 is 11.8 Å². The molecule has 0 aromatic heterocycles. The maximum absolute atomic E-state index is 12.2. The highest BCUT2D eigenvalue weighted by Gasteiger charge is 2.09. The lowest BCUT2D eigenvalue weighted by molar-refractivity contribution is -0.115. The van der Waals surface area contributed by atoms with Crippen molar-refractivity contribution >= 4 is 61.9 Å². The van der Waals surface area contributed by atoms with Crippen LogP contribution >= 0.6 is 28.1 Å². The first kappa shape index (κ1) is 21.5. The van der Waals surface area contributed by atoms with Crippen LogP contribution in [-0.4, -0.2) is 24.0 Å².